The van der Waals surface area contributed by atoms with Crippen LogP contribution in [-0.2, 0) is 12.8 Å². The Hall–Kier alpha value is -1.26. The summed E-state index contributed by atoms with van der Waals surface area (Å²) in [5.74, 6) is 0. The van der Waals surface area contributed by atoms with Crippen molar-refractivity contribution < 1.29 is 0 Å². The first-order valence-electron chi connectivity index (χ1n) is 6.41. The number of rotatable bonds is 5. The van der Waals surface area contributed by atoms with Crippen molar-refractivity contribution in [2.75, 3.05) is 0 Å². The molecule has 1 aromatic carbocycles. The molecule has 2 rings (SSSR count). The largest absolute Gasteiger partial charge is 0.320 e. The number of hydrogen-bond acceptors (Lipinski definition) is 4. The van der Waals surface area contributed by atoms with E-state index >= 15 is 0 Å². The van der Waals surface area contributed by atoms with Crippen molar-refractivity contribution in [1.82, 2.24) is 9.59 Å². The molecule has 0 aliphatic carbocycles. The van der Waals surface area contributed by atoms with Crippen LogP contribution in [0.1, 0.15) is 48.0 Å². The maximum absolute atomic E-state index is 6.31. The average molecular weight is 261 g/mol. The van der Waals surface area contributed by atoms with Crippen LogP contribution in [0.25, 0.3) is 0 Å². The molecule has 0 spiro atoms. The summed E-state index contributed by atoms with van der Waals surface area (Å²) in [5.41, 5.74) is 9.83. The van der Waals surface area contributed by atoms with Gasteiger partial charge in [0.25, 0.3) is 0 Å². The molecule has 0 bridgehead atoms. The Kier molecular flexibility index (Phi) is 4.44. The molecule has 0 saturated carbocycles. The number of nitrogens with two attached hydrogens (primary N) is 1. The molecule has 0 aliphatic rings. The zero-order valence-corrected chi connectivity index (χ0v) is 11.7. The summed E-state index contributed by atoms with van der Waals surface area (Å²) in [4.78, 5) is 1.10. The van der Waals surface area contributed by atoms with E-state index in [1.165, 1.54) is 17.1 Å². The van der Waals surface area contributed by atoms with E-state index in [0.717, 1.165) is 35.4 Å². The Morgan fingerprint density at radius 3 is 2.56 bits per heavy atom. The van der Waals surface area contributed by atoms with E-state index in [1.807, 2.05) is 0 Å². The van der Waals surface area contributed by atoms with Crippen molar-refractivity contribution >= 4 is 11.5 Å². The Bertz CT molecular complexity index is 490. The average Bonchev–Trinajstić information content (AvgIpc) is 2.87. The van der Waals surface area contributed by atoms with Crippen LogP contribution >= 0.6 is 11.5 Å². The summed E-state index contributed by atoms with van der Waals surface area (Å²) >= 11 is 1.42. The van der Waals surface area contributed by atoms with E-state index < -0.39 is 0 Å². The van der Waals surface area contributed by atoms with Crippen molar-refractivity contribution in [1.29, 1.82) is 0 Å². The second-order valence-electron chi connectivity index (χ2n) is 4.41. The van der Waals surface area contributed by atoms with Crippen molar-refractivity contribution in [3.63, 3.8) is 0 Å². The van der Waals surface area contributed by atoms with E-state index in [4.69, 9.17) is 5.73 Å². The lowest BCUT2D eigenvalue weighted by Crippen LogP contribution is -2.12. The number of aromatic nitrogens is 2. The fourth-order valence-corrected chi connectivity index (χ4v) is 2.70. The summed E-state index contributed by atoms with van der Waals surface area (Å²) in [7, 11) is 0. The summed E-state index contributed by atoms with van der Waals surface area (Å²) in [6.07, 6.45) is 3.07. The van der Waals surface area contributed by atoms with Crippen LogP contribution in [-0.4, -0.2) is 9.59 Å². The van der Waals surface area contributed by atoms with Crippen LogP contribution < -0.4 is 5.73 Å². The van der Waals surface area contributed by atoms with Crippen LogP contribution in [0.2, 0.25) is 0 Å². The van der Waals surface area contributed by atoms with Gasteiger partial charge < -0.3 is 5.73 Å². The van der Waals surface area contributed by atoms with Crippen molar-refractivity contribution in [2.24, 2.45) is 5.73 Å². The van der Waals surface area contributed by atoms with Crippen molar-refractivity contribution in [2.45, 2.75) is 39.2 Å². The molecule has 0 fully saturated rings. The monoisotopic (exact) mass is 261 g/mol. The van der Waals surface area contributed by atoms with Gasteiger partial charge >= 0.3 is 0 Å². The van der Waals surface area contributed by atoms with Crippen LogP contribution in [0.4, 0.5) is 0 Å². The third-order valence-corrected chi connectivity index (χ3v) is 3.95. The molecule has 2 aromatic rings. The molecule has 2 N–H and O–H groups in total. The number of aryl methyl sites for hydroxylation is 2. The topological polar surface area (TPSA) is 51.8 Å². The van der Waals surface area contributed by atoms with Gasteiger partial charge in [0.05, 0.1) is 16.6 Å². The molecule has 1 unspecified atom stereocenters. The first kappa shape index (κ1) is 13.2. The van der Waals surface area contributed by atoms with Gasteiger partial charge in [0.1, 0.15) is 0 Å². The Balaban J connectivity index is 2.23. The second kappa shape index (κ2) is 6.07. The number of nitrogens with zero attached hydrogens (tertiary/aromatic N) is 2. The van der Waals surface area contributed by atoms with Gasteiger partial charge in [0.2, 0.25) is 0 Å². The molecule has 18 heavy (non-hydrogen) atoms. The van der Waals surface area contributed by atoms with Gasteiger partial charge in [-0.1, -0.05) is 49.0 Å². The van der Waals surface area contributed by atoms with Crippen LogP contribution in [0, 0.1) is 0 Å². The summed E-state index contributed by atoms with van der Waals surface area (Å²) in [5, 5.41) is 4.17. The highest BCUT2D eigenvalue weighted by Crippen LogP contribution is 2.25. The minimum Gasteiger partial charge on any atom is -0.320 e. The second-order valence-corrected chi connectivity index (χ2v) is 5.19. The molecule has 96 valence electrons. The Morgan fingerprint density at radius 2 is 1.94 bits per heavy atom. The highest BCUT2D eigenvalue weighted by molar-refractivity contribution is 7.05. The van der Waals surface area contributed by atoms with E-state index in [1.54, 1.807) is 0 Å². The van der Waals surface area contributed by atoms with Gasteiger partial charge in [0, 0.05) is 0 Å². The van der Waals surface area contributed by atoms with Gasteiger partial charge in [-0.15, -0.1) is 5.10 Å². The zero-order valence-electron chi connectivity index (χ0n) is 10.9. The van der Waals surface area contributed by atoms with Gasteiger partial charge in [-0.2, -0.15) is 0 Å². The van der Waals surface area contributed by atoms with Crippen molar-refractivity contribution in [3.8, 4) is 0 Å². The van der Waals surface area contributed by atoms with E-state index in [0.29, 0.717) is 0 Å². The Morgan fingerprint density at radius 1 is 1.22 bits per heavy atom. The van der Waals surface area contributed by atoms with Gasteiger partial charge in [-0.05, 0) is 35.5 Å². The third-order valence-electron chi connectivity index (χ3n) is 3.10. The molecule has 0 aliphatic heterocycles. The molecular weight excluding hydrogens is 242 g/mol. The van der Waals surface area contributed by atoms with Crippen molar-refractivity contribution in [3.05, 3.63) is 46.0 Å². The minimum absolute atomic E-state index is 0.0996. The van der Waals surface area contributed by atoms with E-state index in [-0.39, 0.29) is 6.04 Å². The van der Waals surface area contributed by atoms with Crippen LogP contribution in [0.15, 0.2) is 24.3 Å². The molecule has 0 saturated heterocycles. The van der Waals surface area contributed by atoms with Gasteiger partial charge in [-0.3, -0.25) is 0 Å². The molecule has 0 radical (unpaired) electrons. The number of hydrogen-bond donors (Lipinski definition) is 1. The molecule has 0 amide bonds. The fraction of sp³-hybridized carbons (Fsp3) is 0.429. The molecule has 3 nitrogen and oxygen atoms in total. The van der Waals surface area contributed by atoms with Crippen LogP contribution in [0.3, 0.4) is 0 Å². The lowest BCUT2D eigenvalue weighted by molar-refractivity contribution is 0.813. The molecular formula is C14H19N3S. The number of benzene rings is 1. The fourth-order valence-electron chi connectivity index (χ4n) is 1.97. The lowest BCUT2D eigenvalue weighted by atomic mass is 10.0. The maximum atomic E-state index is 6.31. The van der Waals surface area contributed by atoms with Crippen LogP contribution in [0.5, 0.6) is 0 Å². The molecule has 4 heteroatoms. The summed E-state index contributed by atoms with van der Waals surface area (Å²) in [6, 6.07) is 8.40. The lowest BCUT2D eigenvalue weighted by Gasteiger charge is -2.11. The predicted molar refractivity (Wildman–Crippen MR) is 75.8 cm³/mol. The van der Waals surface area contributed by atoms with E-state index in [9.17, 15) is 0 Å². The Labute approximate surface area is 112 Å². The minimum atomic E-state index is -0.0996. The molecule has 1 aromatic heterocycles. The SMILES string of the molecule is CCCc1nnsc1C(N)c1ccc(CC)cc1. The summed E-state index contributed by atoms with van der Waals surface area (Å²) < 4.78 is 4.03. The normalized spacial score (nSPS) is 12.6. The maximum Gasteiger partial charge on any atom is 0.0807 e. The third kappa shape index (κ3) is 2.76. The smallest absolute Gasteiger partial charge is 0.0807 e. The highest BCUT2D eigenvalue weighted by Gasteiger charge is 2.16. The zero-order chi connectivity index (χ0) is 13.0. The highest BCUT2D eigenvalue weighted by atomic mass is 32.1. The van der Waals surface area contributed by atoms with Gasteiger partial charge in [-0.25, -0.2) is 0 Å². The summed E-state index contributed by atoms with van der Waals surface area (Å²) in [6.45, 7) is 4.30. The molecule has 1 atom stereocenters. The quantitative estimate of drug-likeness (QED) is 0.899. The molecule has 1 heterocycles. The van der Waals surface area contributed by atoms with Gasteiger partial charge in [0.15, 0.2) is 0 Å². The first-order chi connectivity index (χ1) is 8.76. The van der Waals surface area contributed by atoms with E-state index in [2.05, 4.69) is 47.7 Å². The first-order valence-corrected chi connectivity index (χ1v) is 7.19. The standard InChI is InChI=1S/C14H19N3S/c1-3-5-12-14(18-17-16-12)13(15)11-8-6-10(4-2)7-9-11/h6-9,13H,3-5,15H2,1-2H3. The predicted octanol–water partition coefficient (Wildman–Crippen LogP) is 3.10.